The van der Waals surface area contributed by atoms with Crippen molar-refractivity contribution in [2.24, 2.45) is 17.8 Å². The predicted octanol–water partition coefficient (Wildman–Crippen LogP) is 8.81. The monoisotopic (exact) mass is 440 g/mol. The Morgan fingerprint density at radius 1 is 0.781 bits per heavy atom. The molecule has 0 heterocycles. The summed E-state index contributed by atoms with van der Waals surface area (Å²) in [7, 11) is 0. The minimum Gasteiger partial charge on any atom is -0.489 e. The van der Waals surface area contributed by atoms with Gasteiger partial charge in [-0.1, -0.05) is 51.2 Å². The van der Waals surface area contributed by atoms with E-state index >= 15 is 0 Å². The third-order valence-corrected chi connectivity index (χ3v) is 7.98. The topological polar surface area (TPSA) is 9.23 Å². The normalized spacial score (nSPS) is 26.1. The Kier molecular flexibility index (Phi) is 8.21. The van der Waals surface area contributed by atoms with Crippen LogP contribution in [0.1, 0.15) is 94.6 Å². The molecular weight excluding hydrogens is 402 g/mol. The standard InChI is InChI=1S/C29H38F2O/c1-2-3-4-21-5-9-23(10-6-21)24-11-13-25(14-12-24)26-17-28(31)19-29(18-26)32-20-22-7-15-27(30)16-8-22/h7-8,15-19,21,23-25H,2-6,9-14,20H2,1H3. The lowest BCUT2D eigenvalue weighted by Gasteiger charge is -2.38. The molecule has 2 fully saturated rings. The van der Waals surface area contributed by atoms with Gasteiger partial charge >= 0.3 is 0 Å². The smallest absolute Gasteiger partial charge is 0.127 e. The molecule has 0 spiro atoms. The van der Waals surface area contributed by atoms with E-state index in [0.29, 0.717) is 18.3 Å². The van der Waals surface area contributed by atoms with Gasteiger partial charge in [0.1, 0.15) is 24.0 Å². The molecule has 0 amide bonds. The molecule has 2 saturated carbocycles. The Labute approximate surface area is 192 Å². The molecule has 2 aliphatic rings. The van der Waals surface area contributed by atoms with Crippen LogP contribution < -0.4 is 4.74 Å². The van der Waals surface area contributed by atoms with Gasteiger partial charge in [0.2, 0.25) is 0 Å². The summed E-state index contributed by atoms with van der Waals surface area (Å²) in [5.41, 5.74) is 1.95. The zero-order valence-electron chi connectivity index (χ0n) is 19.5. The summed E-state index contributed by atoms with van der Waals surface area (Å²) in [5.74, 6) is 3.25. The quantitative estimate of drug-likeness (QED) is 0.398. The molecule has 4 rings (SSSR count). The van der Waals surface area contributed by atoms with Crippen LogP contribution in [0.4, 0.5) is 8.78 Å². The van der Waals surface area contributed by atoms with Crippen molar-refractivity contribution in [1.29, 1.82) is 0 Å². The molecule has 174 valence electrons. The molecule has 0 N–H and O–H groups in total. The molecule has 32 heavy (non-hydrogen) atoms. The molecule has 1 nitrogen and oxygen atoms in total. The van der Waals surface area contributed by atoms with Gasteiger partial charge in [0.25, 0.3) is 0 Å². The second-order valence-corrected chi connectivity index (χ2v) is 10.2. The van der Waals surface area contributed by atoms with E-state index in [0.717, 1.165) is 41.7 Å². The lowest BCUT2D eigenvalue weighted by atomic mass is 9.68. The first-order chi connectivity index (χ1) is 15.6. The highest BCUT2D eigenvalue weighted by Crippen LogP contribution is 2.45. The number of unbranched alkanes of at least 4 members (excludes halogenated alkanes) is 1. The maximum Gasteiger partial charge on any atom is 0.127 e. The summed E-state index contributed by atoms with van der Waals surface area (Å²) < 4.78 is 33.2. The van der Waals surface area contributed by atoms with E-state index in [4.69, 9.17) is 4.74 Å². The van der Waals surface area contributed by atoms with Crippen molar-refractivity contribution in [2.75, 3.05) is 0 Å². The molecule has 0 bridgehead atoms. The van der Waals surface area contributed by atoms with Gasteiger partial charge in [-0.15, -0.1) is 0 Å². The van der Waals surface area contributed by atoms with E-state index in [1.807, 2.05) is 6.07 Å². The van der Waals surface area contributed by atoms with Crippen LogP contribution in [0.3, 0.4) is 0 Å². The summed E-state index contributed by atoms with van der Waals surface area (Å²) in [4.78, 5) is 0. The van der Waals surface area contributed by atoms with Gasteiger partial charge in [0.05, 0.1) is 0 Å². The molecule has 0 atom stereocenters. The van der Waals surface area contributed by atoms with Crippen LogP contribution in [-0.4, -0.2) is 0 Å². The van der Waals surface area contributed by atoms with Gasteiger partial charge in [-0.2, -0.15) is 0 Å². The molecule has 2 aliphatic carbocycles. The fraction of sp³-hybridized carbons (Fsp3) is 0.586. The molecule has 2 aromatic rings. The van der Waals surface area contributed by atoms with Gasteiger partial charge in [0.15, 0.2) is 0 Å². The zero-order valence-corrected chi connectivity index (χ0v) is 19.5. The van der Waals surface area contributed by atoms with E-state index in [9.17, 15) is 8.78 Å². The van der Waals surface area contributed by atoms with Gasteiger partial charge in [-0.05, 0) is 97.6 Å². The number of ether oxygens (including phenoxy) is 1. The summed E-state index contributed by atoms with van der Waals surface area (Å²) >= 11 is 0. The molecule has 2 aromatic carbocycles. The van der Waals surface area contributed by atoms with Crippen molar-refractivity contribution in [3.05, 3.63) is 65.2 Å². The van der Waals surface area contributed by atoms with Crippen molar-refractivity contribution in [3.63, 3.8) is 0 Å². The lowest BCUT2D eigenvalue weighted by Crippen LogP contribution is -2.25. The molecule has 0 unspecified atom stereocenters. The van der Waals surface area contributed by atoms with Crippen LogP contribution in [-0.2, 0) is 6.61 Å². The Morgan fingerprint density at radius 2 is 1.44 bits per heavy atom. The van der Waals surface area contributed by atoms with E-state index in [-0.39, 0.29) is 11.6 Å². The molecule has 0 saturated heterocycles. The van der Waals surface area contributed by atoms with Gasteiger partial charge in [-0.25, -0.2) is 8.78 Å². The Balaban J connectivity index is 1.28. The van der Waals surface area contributed by atoms with E-state index in [2.05, 4.69) is 6.92 Å². The molecule has 3 heteroatoms. The Hall–Kier alpha value is -1.90. The second kappa shape index (κ2) is 11.3. The number of benzene rings is 2. The highest BCUT2D eigenvalue weighted by atomic mass is 19.1. The average molecular weight is 441 g/mol. The first-order valence-electron chi connectivity index (χ1n) is 12.8. The average Bonchev–Trinajstić information content (AvgIpc) is 2.82. The van der Waals surface area contributed by atoms with Crippen LogP contribution in [0.15, 0.2) is 42.5 Å². The summed E-state index contributed by atoms with van der Waals surface area (Å²) in [6, 6.07) is 11.4. The van der Waals surface area contributed by atoms with Gasteiger partial charge in [0, 0.05) is 6.07 Å². The van der Waals surface area contributed by atoms with Crippen molar-refractivity contribution >= 4 is 0 Å². The molecule has 0 aromatic heterocycles. The Morgan fingerprint density at radius 3 is 2.09 bits per heavy atom. The third-order valence-electron chi connectivity index (χ3n) is 7.98. The molecule has 0 radical (unpaired) electrons. The van der Waals surface area contributed by atoms with Crippen molar-refractivity contribution in [1.82, 2.24) is 0 Å². The van der Waals surface area contributed by atoms with Gasteiger partial charge < -0.3 is 4.74 Å². The zero-order chi connectivity index (χ0) is 22.3. The summed E-state index contributed by atoms with van der Waals surface area (Å²) in [5, 5.41) is 0. The number of halogens is 2. The maximum absolute atomic E-state index is 14.3. The number of hydrogen-bond acceptors (Lipinski definition) is 1. The predicted molar refractivity (Wildman–Crippen MR) is 127 cm³/mol. The van der Waals surface area contributed by atoms with Crippen molar-refractivity contribution < 1.29 is 13.5 Å². The fourth-order valence-corrected chi connectivity index (χ4v) is 6.02. The molecular formula is C29H38F2O. The van der Waals surface area contributed by atoms with Crippen LogP contribution in [0.25, 0.3) is 0 Å². The first kappa shape index (κ1) is 23.3. The minimum absolute atomic E-state index is 0.232. The van der Waals surface area contributed by atoms with E-state index in [1.54, 1.807) is 18.2 Å². The van der Waals surface area contributed by atoms with Crippen LogP contribution in [0, 0.1) is 29.4 Å². The fourth-order valence-electron chi connectivity index (χ4n) is 6.02. The third kappa shape index (κ3) is 6.33. The SMILES string of the molecule is CCCCC1CCC(C2CCC(c3cc(F)cc(OCc4ccc(F)cc4)c3)CC2)CC1. The van der Waals surface area contributed by atoms with Crippen LogP contribution >= 0.6 is 0 Å². The van der Waals surface area contributed by atoms with Crippen molar-refractivity contribution in [2.45, 2.75) is 90.1 Å². The lowest BCUT2D eigenvalue weighted by molar-refractivity contribution is 0.155. The first-order valence-corrected chi connectivity index (χ1v) is 12.8. The minimum atomic E-state index is -0.262. The summed E-state index contributed by atoms with van der Waals surface area (Å²) in [6.07, 6.45) is 14.7. The van der Waals surface area contributed by atoms with Crippen LogP contribution in [0.5, 0.6) is 5.75 Å². The highest BCUT2D eigenvalue weighted by Gasteiger charge is 2.31. The second-order valence-electron chi connectivity index (χ2n) is 10.2. The maximum atomic E-state index is 14.3. The van der Waals surface area contributed by atoms with Crippen molar-refractivity contribution in [3.8, 4) is 5.75 Å². The van der Waals surface area contributed by atoms with E-state index < -0.39 is 0 Å². The molecule has 0 aliphatic heterocycles. The largest absolute Gasteiger partial charge is 0.489 e. The Bertz CT molecular complexity index is 831. The van der Waals surface area contributed by atoms with Gasteiger partial charge in [-0.3, -0.25) is 0 Å². The summed E-state index contributed by atoms with van der Waals surface area (Å²) in [6.45, 7) is 2.61. The highest BCUT2D eigenvalue weighted by molar-refractivity contribution is 5.32. The van der Waals surface area contributed by atoms with Crippen LogP contribution in [0.2, 0.25) is 0 Å². The number of hydrogen-bond donors (Lipinski definition) is 0. The number of rotatable bonds is 8. The van der Waals surface area contributed by atoms with E-state index in [1.165, 1.54) is 76.0 Å².